The predicted octanol–water partition coefficient (Wildman–Crippen LogP) is 5.46. The molecule has 1 atom stereocenters. The molecule has 2 aromatic carbocycles. The van der Waals surface area contributed by atoms with Gasteiger partial charge in [-0.05, 0) is 34.6 Å². The maximum atomic E-state index is 14.5. The maximum absolute atomic E-state index is 14.5. The Hall–Kier alpha value is -2.16. The average Bonchev–Trinajstić information content (AvgIpc) is 2.86. The van der Waals surface area contributed by atoms with Crippen molar-refractivity contribution in [1.29, 1.82) is 0 Å². The fraction of sp³-hybridized carbons (Fsp3) is 0.300. The minimum absolute atomic E-state index is 0.0359. The Morgan fingerprint density at radius 2 is 1.78 bits per heavy atom. The molecule has 0 amide bonds. The van der Waals surface area contributed by atoms with Gasteiger partial charge in [-0.1, -0.05) is 45.0 Å². The van der Waals surface area contributed by atoms with E-state index >= 15 is 0 Å². The molecule has 1 unspecified atom stereocenters. The van der Waals surface area contributed by atoms with Crippen molar-refractivity contribution in [2.45, 2.75) is 33.2 Å². The van der Waals surface area contributed by atoms with Crippen LogP contribution in [0.15, 0.2) is 42.5 Å². The third kappa shape index (κ3) is 2.03. The summed E-state index contributed by atoms with van der Waals surface area (Å²) in [5.74, 6) is -1.44. The van der Waals surface area contributed by atoms with Crippen molar-refractivity contribution in [3.05, 3.63) is 70.9 Å². The molecular weight excluding hydrogens is 292 g/mol. The maximum Gasteiger partial charge on any atom is 0.164 e. The predicted molar refractivity (Wildman–Crippen MR) is 88.7 cm³/mol. The van der Waals surface area contributed by atoms with E-state index in [4.69, 9.17) is 0 Å². The van der Waals surface area contributed by atoms with Crippen LogP contribution in [0, 0.1) is 17.0 Å². The molecule has 4 rings (SSSR count). The molecule has 0 saturated carbocycles. The molecule has 0 fully saturated rings. The standard InChI is InChI=1S/C20H19F2N/c1-20(2,3)18-13-8-9-15(21)19(22)14(13)11-23-16-7-5-4-6-12(16)10-17(18)23/h4-10,18H,11H2,1-3H3. The summed E-state index contributed by atoms with van der Waals surface area (Å²) in [6, 6.07) is 13.3. The van der Waals surface area contributed by atoms with Crippen molar-refractivity contribution in [2.24, 2.45) is 5.41 Å². The molecule has 0 spiro atoms. The highest BCUT2D eigenvalue weighted by Gasteiger charge is 2.37. The van der Waals surface area contributed by atoms with E-state index < -0.39 is 11.6 Å². The normalized spacial score (nSPS) is 17.2. The van der Waals surface area contributed by atoms with Crippen LogP contribution in [-0.4, -0.2) is 4.57 Å². The summed E-state index contributed by atoms with van der Waals surface area (Å²) < 4.78 is 30.4. The highest BCUT2D eigenvalue weighted by Crippen LogP contribution is 2.47. The van der Waals surface area contributed by atoms with Gasteiger partial charge in [-0.3, -0.25) is 0 Å². The Morgan fingerprint density at radius 3 is 2.52 bits per heavy atom. The van der Waals surface area contributed by atoms with Crippen LogP contribution < -0.4 is 0 Å². The summed E-state index contributed by atoms with van der Waals surface area (Å²) in [7, 11) is 0. The monoisotopic (exact) mass is 311 g/mol. The van der Waals surface area contributed by atoms with Crippen molar-refractivity contribution >= 4 is 10.9 Å². The number of halogens is 2. The van der Waals surface area contributed by atoms with Crippen LogP contribution in [0.4, 0.5) is 8.78 Å². The molecule has 0 bridgehead atoms. The lowest BCUT2D eigenvalue weighted by molar-refractivity contribution is 0.334. The topological polar surface area (TPSA) is 4.93 Å². The van der Waals surface area contributed by atoms with Gasteiger partial charge in [-0.15, -0.1) is 0 Å². The first kappa shape index (κ1) is 14.4. The first-order chi connectivity index (χ1) is 10.9. The van der Waals surface area contributed by atoms with E-state index in [0.717, 1.165) is 16.5 Å². The Balaban J connectivity index is 2.07. The van der Waals surface area contributed by atoms with Crippen LogP contribution in [0.2, 0.25) is 0 Å². The lowest BCUT2D eigenvalue weighted by Crippen LogP contribution is -2.28. The van der Waals surface area contributed by atoms with Crippen LogP contribution >= 0.6 is 0 Å². The zero-order chi connectivity index (χ0) is 16.4. The summed E-state index contributed by atoms with van der Waals surface area (Å²) in [5, 5.41) is 1.14. The first-order valence-corrected chi connectivity index (χ1v) is 7.93. The molecule has 23 heavy (non-hydrogen) atoms. The van der Waals surface area contributed by atoms with Crippen molar-refractivity contribution in [1.82, 2.24) is 4.57 Å². The van der Waals surface area contributed by atoms with Crippen LogP contribution in [-0.2, 0) is 6.54 Å². The number of aromatic nitrogens is 1. The van der Waals surface area contributed by atoms with Crippen molar-refractivity contribution < 1.29 is 8.78 Å². The van der Waals surface area contributed by atoms with Crippen molar-refractivity contribution in [2.75, 3.05) is 0 Å². The molecule has 1 aromatic heterocycles. The highest BCUT2D eigenvalue weighted by atomic mass is 19.2. The summed E-state index contributed by atoms with van der Waals surface area (Å²) in [6.07, 6.45) is 0. The van der Waals surface area contributed by atoms with E-state index in [2.05, 4.69) is 37.5 Å². The van der Waals surface area contributed by atoms with Gasteiger partial charge in [0.1, 0.15) is 0 Å². The van der Waals surface area contributed by atoms with Gasteiger partial charge in [0.25, 0.3) is 0 Å². The number of hydrogen-bond acceptors (Lipinski definition) is 0. The third-order valence-electron chi connectivity index (χ3n) is 4.86. The van der Waals surface area contributed by atoms with Gasteiger partial charge >= 0.3 is 0 Å². The van der Waals surface area contributed by atoms with Crippen LogP contribution in [0.5, 0.6) is 0 Å². The molecule has 1 aliphatic rings. The summed E-state index contributed by atoms with van der Waals surface area (Å²) >= 11 is 0. The van der Waals surface area contributed by atoms with Gasteiger partial charge in [0, 0.05) is 22.7 Å². The molecule has 0 saturated heterocycles. The lowest BCUT2D eigenvalue weighted by atomic mass is 9.72. The Kier molecular flexibility index (Phi) is 2.93. The summed E-state index contributed by atoms with van der Waals surface area (Å²) in [6.45, 7) is 6.83. The van der Waals surface area contributed by atoms with Crippen molar-refractivity contribution in [3.63, 3.8) is 0 Å². The molecule has 3 heteroatoms. The van der Waals surface area contributed by atoms with E-state index in [9.17, 15) is 8.78 Å². The van der Waals surface area contributed by atoms with Gasteiger partial charge < -0.3 is 4.57 Å². The fourth-order valence-corrected chi connectivity index (χ4v) is 3.91. The molecular formula is C20H19F2N. The van der Waals surface area contributed by atoms with Crippen LogP contribution in [0.25, 0.3) is 10.9 Å². The van der Waals surface area contributed by atoms with Gasteiger partial charge in [-0.2, -0.15) is 0 Å². The molecule has 1 aliphatic heterocycles. The lowest BCUT2D eigenvalue weighted by Gasteiger charge is -2.37. The minimum atomic E-state index is -0.767. The van der Waals surface area contributed by atoms with Gasteiger partial charge in [0.2, 0.25) is 0 Å². The molecule has 0 radical (unpaired) electrons. The Morgan fingerprint density at radius 1 is 1.04 bits per heavy atom. The smallest absolute Gasteiger partial charge is 0.164 e. The second kappa shape index (κ2) is 4.67. The van der Waals surface area contributed by atoms with E-state index in [0.29, 0.717) is 12.1 Å². The number of benzene rings is 2. The quantitative estimate of drug-likeness (QED) is 0.519. The molecule has 2 heterocycles. The fourth-order valence-electron chi connectivity index (χ4n) is 3.91. The molecule has 118 valence electrons. The second-order valence-corrected chi connectivity index (χ2v) is 7.44. The number of hydrogen-bond donors (Lipinski definition) is 0. The summed E-state index contributed by atoms with van der Waals surface area (Å²) in [5.41, 5.74) is 3.56. The molecule has 3 aromatic rings. The van der Waals surface area contributed by atoms with E-state index in [-0.39, 0.29) is 11.3 Å². The number of fused-ring (bicyclic) bond motifs is 4. The van der Waals surface area contributed by atoms with Crippen molar-refractivity contribution in [3.8, 4) is 0 Å². The van der Waals surface area contributed by atoms with Gasteiger partial charge in [-0.25, -0.2) is 8.78 Å². The van der Waals surface area contributed by atoms with E-state index in [1.807, 2.05) is 18.2 Å². The number of nitrogens with zero attached hydrogens (tertiary/aromatic N) is 1. The largest absolute Gasteiger partial charge is 0.339 e. The molecule has 1 nitrogen and oxygen atoms in total. The number of rotatable bonds is 0. The summed E-state index contributed by atoms with van der Waals surface area (Å²) in [4.78, 5) is 0. The molecule has 0 aliphatic carbocycles. The zero-order valence-corrected chi connectivity index (χ0v) is 13.5. The van der Waals surface area contributed by atoms with Crippen LogP contribution in [0.1, 0.15) is 43.5 Å². The Labute approximate surface area is 134 Å². The zero-order valence-electron chi connectivity index (χ0n) is 13.5. The SMILES string of the molecule is CC(C)(C)C1c2ccc(F)c(F)c2Cn2c1cc1ccccc12. The minimum Gasteiger partial charge on any atom is -0.339 e. The average molecular weight is 311 g/mol. The molecule has 0 N–H and O–H groups in total. The van der Waals surface area contributed by atoms with E-state index in [1.54, 1.807) is 6.07 Å². The van der Waals surface area contributed by atoms with Gasteiger partial charge in [0.15, 0.2) is 11.6 Å². The Bertz CT molecular complexity index is 915. The third-order valence-corrected chi connectivity index (χ3v) is 4.86. The van der Waals surface area contributed by atoms with Crippen LogP contribution in [0.3, 0.4) is 0 Å². The number of para-hydroxylation sites is 1. The van der Waals surface area contributed by atoms with E-state index in [1.165, 1.54) is 11.8 Å². The highest BCUT2D eigenvalue weighted by molar-refractivity contribution is 5.82. The first-order valence-electron chi connectivity index (χ1n) is 7.93. The van der Waals surface area contributed by atoms with Gasteiger partial charge in [0.05, 0.1) is 6.54 Å². The second-order valence-electron chi connectivity index (χ2n) is 7.44.